The second-order valence-corrected chi connectivity index (χ2v) is 9.37. The van der Waals surface area contributed by atoms with Gasteiger partial charge in [-0.1, -0.05) is 26.2 Å². The van der Waals surface area contributed by atoms with Crippen molar-refractivity contribution < 1.29 is 8.42 Å². The van der Waals surface area contributed by atoms with E-state index in [0.717, 1.165) is 25.2 Å². The molecule has 1 aromatic rings. The third-order valence-electron chi connectivity index (χ3n) is 5.48. The Hall–Kier alpha value is -1.14. The summed E-state index contributed by atoms with van der Waals surface area (Å²) in [6, 6.07) is 2.85. The van der Waals surface area contributed by atoms with Crippen molar-refractivity contribution in [1.82, 2.24) is 8.87 Å². The monoisotopic (exact) mass is 352 g/mol. The maximum atomic E-state index is 12.7. The Morgan fingerprint density at radius 3 is 2.58 bits per heavy atom. The number of hydrogen-bond acceptors (Lipinski definition) is 3. The molecule has 5 nitrogen and oxygen atoms in total. The van der Waals surface area contributed by atoms with E-state index < -0.39 is 10.0 Å². The van der Waals surface area contributed by atoms with Gasteiger partial charge in [-0.2, -0.15) is 4.31 Å². The second-order valence-electron chi connectivity index (χ2n) is 7.43. The quantitative estimate of drug-likeness (QED) is 0.819. The van der Waals surface area contributed by atoms with Crippen molar-refractivity contribution in [3.05, 3.63) is 28.7 Å². The lowest BCUT2D eigenvalue weighted by Crippen LogP contribution is -2.30. The third-order valence-corrected chi connectivity index (χ3v) is 7.36. The van der Waals surface area contributed by atoms with E-state index in [1.807, 2.05) is 0 Å². The predicted octanol–water partition coefficient (Wildman–Crippen LogP) is 2.85. The molecule has 2 unspecified atom stereocenters. The predicted molar refractivity (Wildman–Crippen MR) is 94.4 cm³/mol. The van der Waals surface area contributed by atoms with Gasteiger partial charge >= 0.3 is 0 Å². The molecule has 1 aliphatic carbocycles. The summed E-state index contributed by atoms with van der Waals surface area (Å²) in [5.74, 6) is 1.42. The van der Waals surface area contributed by atoms with Crippen molar-refractivity contribution in [2.45, 2.75) is 63.3 Å². The third kappa shape index (κ3) is 3.91. The fraction of sp³-hybridized carbons (Fsp3) is 0.722. The molecular weight excluding hydrogens is 324 g/mol. The molecule has 1 saturated heterocycles. The van der Waals surface area contributed by atoms with Crippen LogP contribution in [0.4, 0.5) is 0 Å². The highest BCUT2D eigenvalue weighted by Crippen LogP contribution is 2.31. The van der Waals surface area contributed by atoms with Crippen LogP contribution >= 0.6 is 0 Å². The molecule has 2 heterocycles. The Kier molecular flexibility index (Phi) is 5.45. The summed E-state index contributed by atoms with van der Waals surface area (Å²) in [6.07, 6.45) is 9.35. The van der Waals surface area contributed by atoms with Gasteiger partial charge in [0, 0.05) is 31.9 Å². The minimum absolute atomic E-state index is 0.112. The molecule has 1 aliphatic heterocycles. The zero-order valence-corrected chi connectivity index (χ0v) is 15.3. The van der Waals surface area contributed by atoms with Gasteiger partial charge in [-0.05, 0) is 43.6 Å². The van der Waals surface area contributed by atoms with Gasteiger partial charge in [0.15, 0.2) is 0 Å². The molecule has 0 amide bonds. The van der Waals surface area contributed by atoms with E-state index in [9.17, 15) is 13.2 Å². The Bertz CT molecular complexity index is 720. The molecule has 0 spiro atoms. The summed E-state index contributed by atoms with van der Waals surface area (Å²) in [5.41, 5.74) is -0.112. The maximum absolute atomic E-state index is 12.7. The number of aryl methyl sites for hydroxylation is 1. The van der Waals surface area contributed by atoms with Crippen LogP contribution in [0.1, 0.15) is 51.9 Å². The van der Waals surface area contributed by atoms with Gasteiger partial charge in [0.2, 0.25) is 10.0 Å². The van der Waals surface area contributed by atoms with E-state index in [1.54, 1.807) is 10.8 Å². The van der Waals surface area contributed by atoms with Crippen LogP contribution in [0, 0.1) is 11.8 Å². The van der Waals surface area contributed by atoms with E-state index in [1.165, 1.54) is 42.1 Å². The van der Waals surface area contributed by atoms with E-state index >= 15 is 0 Å². The SMILES string of the molecule is CC1CCCC(CCn2cc(S(=O)(=O)N3CCCC3)ccc2=O)C1. The standard InChI is InChI=1S/C18H28N2O3S/c1-15-5-4-6-16(13-15)9-12-19-14-17(7-8-18(19)21)24(22,23)20-10-2-3-11-20/h7-8,14-16H,2-6,9-13H2,1H3. The normalized spacial score (nSPS) is 25.9. The number of pyridine rings is 1. The smallest absolute Gasteiger partial charge is 0.250 e. The maximum Gasteiger partial charge on any atom is 0.250 e. The van der Waals surface area contributed by atoms with Crippen LogP contribution in [0.25, 0.3) is 0 Å². The Morgan fingerprint density at radius 1 is 1.12 bits per heavy atom. The lowest BCUT2D eigenvalue weighted by atomic mass is 9.81. The molecule has 2 aliphatic rings. The molecule has 2 fully saturated rings. The van der Waals surface area contributed by atoms with Gasteiger partial charge in [0.25, 0.3) is 5.56 Å². The van der Waals surface area contributed by atoms with Gasteiger partial charge in [-0.25, -0.2) is 8.42 Å². The Labute approximate surface area is 144 Å². The van der Waals surface area contributed by atoms with Crippen molar-refractivity contribution in [2.75, 3.05) is 13.1 Å². The van der Waals surface area contributed by atoms with Gasteiger partial charge < -0.3 is 4.57 Å². The molecule has 2 atom stereocenters. The van der Waals surface area contributed by atoms with E-state index in [0.29, 0.717) is 25.6 Å². The topological polar surface area (TPSA) is 59.4 Å². The average Bonchev–Trinajstić information content (AvgIpc) is 3.09. The molecule has 0 aromatic carbocycles. The summed E-state index contributed by atoms with van der Waals surface area (Å²) >= 11 is 0. The highest BCUT2D eigenvalue weighted by Gasteiger charge is 2.27. The zero-order valence-electron chi connectivity index (χ0n) is 14.5. The Balaban J connectivity index is 1.73. The van der Waals surface area contributed by atoms with Crippen molar-refractivity contribution in [2.24, 2.45) is 11.8 Å². The molecule has 134 valence electrons. The largest absolute Gasteiger partial charge is 0.314 e. The van der Waals surface area contributed by atoms with Crippen LogP contribution < -0.4 is 5.56 Å². The van der Waals surface area contributed by atoms with Crippen LogP contribution in [0.5, 0.6) is 0 Å². The molecular formula is C18H28N2O3S. The van der Waals surface area contributed by atoms with Crippen LogP contribution in [0.15, 0.2) is 28.0 Å². The summed E-state index contributed by atoms with van der Waals surface area (Å²) < 4.78 is 28.4. The number of hydrogen-bond donors (Lipinski definition) is 0. The summed E-state index contributed by atoms with van der Waals surface area (Å²) in [4.78, 5) is 12.4. The summed E-state index contributed by atoms with van der Waals surface area (Å²) in [7, 11) is -3.46. The van der Waals surface area contributed by atoms with E-state index in [2.05, 4.69) is 6.92 Å². The van der Waals surface area contributed by atoms with Crippen LogP contribution in [-0.2, 0) is 16.6 Å². The highest BCUT2D eigenvalue weighted by atomic mass is 32.2. The molecule has 24 heavy (non-hydrogen) atoms. The summed E-state index contributed by atoms with van der Waals surface area (Å²) in [5, 5.41) is 0. The fourth-order valence-electron chi connectivity index (χ4n) is 4.06. The lowest BCUT2D eigenvalue weighted by Gasteiger charge is -2.26. The first-order valence-corrected chi connectivity index (χ1v) is 10.6. The van der Waals surface area contributed by atoms with Crippen LogP contribution in [0.2, 0.25) is 0 Å². The average molecular weight is 353 g/mol. The van der Waals surface area contributed by atoms with Crippen molar-refractivity contribution in [3.63, 3.8) is 0 Å². The molecule has 1 saturated carbocycles. The first-order valence-electron chi connectivity index (χ1n) is 9.17. The first kappa shape index (κ1) is 17.7. The molecule has 0 N–H and O–H groups in total. The lowest BCUT2D eigenvalue weighted by molar-refractivity contribution is 0.260. The number of nitrogens with zero attached hydrogens (tertiary/aromatic N) is 2. The molecule has 1 aromatic heterocycles. The van der Waals surface area contributed by atoms with Gasteiger partial charge in [0.05, 0.1) is 4.90 Å². The van der Waals surface area contributed by atoms with E-state index in [4.69, 9.17) is 0 Å². The molecule has 3 rings (SSSR count). The molecule has 6 heteroatoms. The van der Waals surface area contributed by atoms with Gasteiger partial charge in [-0.15, -0.1) is 0 Å². The molecule has 0 radical (unpaired) electrons. The van der Waals surface area contributed by atoms with Gasteiger partial charge in [0.1, 0.15) is 0 Å². The van der Waals surface area contributed by atoms with E-state index in [-0.39, 0.29) is 10.5 Å². The van der Waals surface area contributed by atoms with Crippen molar-refractivity contribution in [1.29, 1.82) is 0 Å². The van der Waals surface area contributed by atoms with Gasteiger partial charge in [-0.3, -0.25) is 4.79 Å². The number of sulfonamides is 1. The highest BCUT2D eigenvalue weighted by molar-refractivity contribution is 7.89. The minimum atomic E-state index is -3.46. The van der Waals surface area contributed by atoms with Crippen molar-refractivity contribution >= 4 is 10.0 Å². The van der Waals surface area contributed by atoms with Crippen LogP contribution in [-0.4, -0.2) is 30.4 Å². The second kappa shape index (κ2) is 7.40. The zero-order chi connectivity index (χ0) is 17.2. The minimum Gasteiger partial charge on any atom is -0.314 e. The van der Waals surface area contributed by atoms with Crippen LogP contribution in [0.3, 0.4) is 0 Å². The Morgan fingerprint density at radius 2 is 1.88 bits per heavy atom. The first-order chi connectivity index (χ1) is 11.5. The number of rotatable bonds is 5. The number of aromatic nitrogens is 1. The fourth-order valence-corrected chi connectivity index (χ4v) is 5.60. The van der Waals surface area contributed by atoms with Crippen molar-refractivity contribution in [3.8, 4) is 0 Å². The summed E-state index contributed by atoms with van der Waals surface area (Å²) in [6.45, 7) is 4.07. The molecule has 0 bridgehead atoms.